The van der Waals surface area contributed by atoms with Gasteiger partial charge in [0.1, 0.15) is 5.82 Å². The molecule has 0 saturated carbocycles. The maximum Gasteiger partial charge on any atom is 0.309 e. The summed E-state index contributed by atoms with van der Waals surface area (Å²) in [7, 11) is 1.73. The first-order valence-electron chi connectivity index (χ1n) is 7.90. The lowest BCUT2D eigenvalue weighted by molar-refractivity contribution is -0.145. The van der Waals surface area contributed by atoms with Crippen LogP contribution in [0.3, 0.4) is 0 Å². The highest BCUT2D eigenvalue weighted by molar-refractivity contribution is 5.88. The Morgan fingerprint density at radius 2 is 2.00 bits per heavy atom. The summed E-state index contributed by atoms with van der Waals surface area (Å²) in [5.41, 5.74) is 1.17. The van der Waals surface area contributed by atoms with Crippen LogP contribution in [-0.2, 0) is 9.59 Å². The number of piperidine rings is 1. The van der Waals surface area contributed by atoms with Gasteiger partial charge in [-0.3, -0.25) is 14.6 Å². The molecule has 2 fully saturated rings. The molecule has 1 atom stereocenters. The number of amides is 1. The van der Waals surface area contributed by atoms with Crippen LogP contribution in [0.15, 0.2) is 6.20 Å². The molecule has 0 unspecified atom stereocenters. The fraction of sp³-hybridized carbons (Fsp3) is 0.625. The molecule has 7 heteroatoms. The van der Waals surface area contributed by atoms with Gasteiger partial charge in [0, 0.05) is 32.8 Å². The molecule has 0 bridgehead atoms. The van der Waals surface area contributed by atoms with Crippen molar-refractivity contribution in [1.29, 1.82) is 0 Å². The number of aryl methyl sites for hydroxylation is 2. The Balaban J connectivity index is 1.83. The molecule has 1 aromatic heterocycles. The van der Waals surface area contributed by atoms with E-state index >= 15 is 0 Å². The number of carbonyl (C=O) groups excluding carboxylic acids is 1. The fourth-order valence-corrected chi connectivity index (χ4v) is 3.91. The van der Waals surface area contributed by atoms with Crippen LogP contribution in [0.25, 0.3) is 0 Å². The zero-order valence-electron chi connectivity index (χ0n) is 13.7. The minimum atomic E-state index is -0.873. The minimum Gasteiger partial charge on any atom is -0.481 e. The van der Waals surface area contributed by atoms with E-state index in [1.165, 1.54) is 0 Å². The Bertz CT molecular complexity index is 653. The monoisotopic (exact) mass is 318 g/mol. The first kappa shape index (κ1) is 15.7. The number of nitrogens with zero attached hydrogens (tertiary/aromatic N) is 4. The zero-order valence-corrected chi connectivity index (χ0v) is 13.7. The average Bonchev–Trinajstić information content (AvgIpc) is 2.76. The fourth-order valence-electron chi connectivity index (χ4n) is 3.91. The average molecular weight is 318 g/mol. The predicted octanol–water partition coefficient (Wildman–Crippen LogP) is 0.995. The second-order valence-electron chi connectivity index (χ2n) is 6.56. The first-order valence-corrected chi connectivity index (χ1v) is 7.90. The van der Waals surface area contributed by atoms with Crippen molar-refractivity contribution in [3.05, 3.63) is 17.6 Å². The van der Waals surface area contributed by atoms with Gasteiger partial charge in [0.05, 0.1) is 22.8 Å². The zero-order chi connectivity index (χ0) is 16.8. The van der Waals surface area contributed by atoms with Gasteiger partial charge >= 0.3 is 5.97 Å². The maximum atomic E-state index is 12.0. The summed E-state index contributed by atoms with van der Waals surface area (Å²) in [6.07, 6.45) is 3.13. The molecule has 0 radical (unpaired) electrons. The number of carboxylic acid groups (broad SMARTS) is 1. The molecule has 0 aromatic carbocycles. The number of aliphatic carboxylic acids is 1. The normalized spacial score (nSPS) is 23.6. The minimum absolute atomic E-state index is 0.0719. The molecule has 3 heterocycles. The van der Waals surface area contributed by atoms with Crippen LogP contribution in [0.4, 0.5) is 5.82 Å². The van der Waals surface area contributed by atoms with E-state index in [1.54, 1.807) is 18.1 Å². The number of anilines is 1. The summed E-state index contributed by atoms with van der Waals surface area (Å²) in [5, 5.41) is 9.51. The van der Waals surface area contributed by atoms with E-state index in [-0.39, 0.29) is 12.3 Å². The van der Waals surface area contributed by atoms with Crippen LogP contribution in [0.2, 0.25) is 0 Å². The Morgan fingerprint density at radius 1 is 1.35 bits per heavy atom. The van der Waals surface area contributed by atoms with Gasteiger partial charge in [-0.1, -0.05) is 0 Å². The predicted molar refractivity (Wildman–Crippen MR) is 84.2 cm³/mol. The Hall–Kier alpha value is -2.18. The molecule has 1 spiro atoms. The molecular weight excluding hydrogens is 296 g/mol. The molecule has 1 N–H and O–H groups in total. The topological polar surface area (TPSA) is 86.6 Å². The molecule has 2 saturated heterocycles. The van der Waals surface area contributed by atoms with E-state index in [0.717, 1.165) is 17.2 Å². The second-order valence-corrected chi connectivity index (χ2v) is 6.56. The molecule has 23 heavy (non-hydrogen) atoms. The largest absolute Gasteiger partial charge is 0.481 e. The molecule has 3 rings (SSSR count). The third-order valence-electron chi connectivity index (χ3n) is 5.35. The Morgan fingerprint density at radius 3 is 2.61 bits per heavy atom. The summed E-state index contributed by atoms with van der Waals surface area (Å²) in [6.45, 7) is 5.20. The van der Waals surface area contributed by atoms with Crippen LogP contribution in [0, 0.1) is 19.8 Å². The van der Waals surface area contributed by atoms with Crippen LogP contribution in [0.5, 0.6) is 0 Å². The van der Waals surface area contributed by atoms with Crippen molar-refractivity contribution in [2.45, 2.75) is 38.6 Å². The summed E-state index contributed by atoms with van der Waals surface area (Å²) >= 11 is 0. The van der Waals surface area contributed by atoms with Gasteiger partial charge in [-0.15, -0.1) is 0 Å². The Kier molecular flexibility index (Phi) is 3.74. The molecule has 0 aliphatic carbocycles. The third-order valence-corrected chi connectivity index (χ3v) is 5.35. The van der Waals surface area contributed by atoms with Crippen molar-refractivity contribution in [3.8, 4) is 0 Å². The molecule has 7 nitrogen and oxygen atoms in total. The van der Waals surface area contributed by atoms with Gasteiger partial charge < -0.3 is 14.9 Å². The lowest BCUT2D eigenvalue weighted by atomic mass is 9.77. The van der Waals surface area contributed by atoms with E-state index < -0.39 is 17.4 Å². The molecule has 2 aliphatic heterocycles. The highest BCUT2D eigenvalue weighted by Gasteiger charge is 2.55. The Labute approximate surface area is 135 Å². The SMILES string of the molecule is Cc1cnc(C)c(N2CCC3(CC2)[C@@H](C(=O)O)CC(=O)N3C)n1. The number of rotatable bonds is 2. The van der Waals surface area contributed by atoms with E-state index in [0.29, 0.717) is 25.9 Å². The van der Waals surface area contributed by atoms with Crippen LogP contribution in [0.1, 0.15) is 30.7 Å². The molecule has 1 aromatic rings. The van der Waals surface area contributed by atoms with E-state index in [1.807, 2.05) is 13.8 Å². The number of carbonyl (C=O) groups is 2. The third kappa shape index (κ3) is 2.44. The summed E-state index contributed by atoms with van der Waals surface area (Å²) < 4.78 is 0. The van der Waals surface area contributed by atoms with Crippen LogP contribution in [-0.4, -0.2) is 57.5 Å². The van der Waals surface area contributed by atoms with E-state index in [9.17, 15) is 14.7 Å². The van der Waals surface area contributed by atoms with Crippen molar-refractivity contribution >= 4 is 17.7 Å². The van der Waals surface area contributed by atoms with E-state index in [2.05, 4.69) is 14.9 Å². The van der Waals surface area contributed by atoms with Crippen molar-refractivity contribution < 1.29 is 14.7 Å². The van der Waals surface area contributed by atoms with Gasteiger partial charge in [-0.25, -0.2) is 4.98 Å². The highest BCUT2D eigenvalue weighted by Crippen LogP contribution is 2.43. The van der Waals surface area contributed by atoms with Gasteiger partial charge in [0.25, 0.3) is 0 Å². The van der Waals surface area contributed by atoms with Crippen molar-refractivity contribution in [2.24, 2.45) is 5.92 Å². The van der Waals surface area contributed by atoms with Gasteiger partial charge in [-0.05, 0) is 26.7 Å². The van der Waals surface area contributed by atoms with Crippen molar-refractivity contribution in [3.63, 3.8) is 0 Å². The maximum absolute atomic E-state index is 12.0. The number of likely N-dealkylation sites (tertiary alicyclic amines) is 1. The standard InChI is InChI=1S/C16H22N4O3/c1-10-9-17-11(2)14(18-10)20-6-4-16(5-7-20)12(15(22)23)8-13(21)19(16)3/h9,12H,4-8H2,1-3H3,(H,22,23)/t12-/m1/s1. The number of hydrogen-bond donors (Lipinski definition) is 1. The number of aromatic nitrogens is 2. The molecular formula is C16H22N4O3. The quantitative estimate of drug-likeness (QED) is 0.875. The van der Waals surface area contributed by atoms with Crippen molar-refractivity contribution in [2.75, 3.05) is 25.0 Å². The molecule has 2 aliphatic rings. The first-order chi connectivity index (χ1) is 10.8. The van der Waals surface area contributed by atoms with Gasteiger partial charge in [0.2, 0.25) is 5.91 Å². The smallest absolute Gasteiger partial charge is 0.309 e. The lowest BCUT2D eigenvalue weighted by Gasteiger charge is -2.46. The second kappa shape index (κ2) is 5.47. The molecule has 124 valence electrons. The van der Waals surface area contributed by atoms with Gasteiger partial charge in [0.15, 0.2) is 0 Å². The van der Waals surface area contributed by atoms with Crippen LogP contribution >= 0.6 is 0 Å². The number of hydrogen-bond acceptors (Lipinski definition) is 5. The van der Waals surface area contributed by atoms with Crippen molar-refractivity contribution in [1.82, 2.24) is 14.9 Å². The van der Waals surface area contributed by atoms with E-state index in [4.69, 9.17) is 0 Å². The summed E-state index contributed by atoms with van der Waals surface area (Å²) in [5.74, 6) is -0.703. The van der Waals surface area contributed by atoms with Crippen LogP contribution < -0.4 is 4.90 Å². The summed E-state index contributed by atoms with van der Waals surface area (Å²) in [4.78, 5) is 36.4. The van der Waals surface area contributed by atoms with Gasteiger partial charge in [-0.2, -0.15) is 0 Å². The summed E-state index contributed by atoms with van der Waals surface area (Å²) in [6, 6.07) is 0. The number of carboxylic acids is 1. The highest BCUT2D eigenvalue weighted by atomic mass is 16.4. The lowest BCUT2D eigenvalue weighted by Crippen LogP contribution is -2.56. The molecule has 1 amide bonds.